The maximum atomic E-state index is 12.8. The Hall–Kier alpha value is -3.88. The SMILES string of the molecule is O=C(NCc1cccc(CNC(=O)N[C@H]2CC[C@H](CCN3[C@@H]4CC[C@H]3c3ccccc34)CC2)c1)N[C@H]1CC[C@H](CCN2[C@@H]3CC[C@H]2c2ccccc23)CC1. The highest BCUT2D eigenvalue weighted by atomic mass is 16.2. The molecule has 4 fully saturated rings. The van der Waals surface area contributed by atoms with Crippen LogP contribution < -0.4 is 21.3 Å². The van der Waals surface area contributed by atoms with Gasteiger partial charge < -0.3 is 21.3 Å². The molecule has 2 aliphatic carbocycles. The third-order valence-electron chi connectivity index (χ3n) is 14.3. The van der Waals surface area contributed by atoms with E-state index in [4.69, 9.17) is 0 Å². The highest BCUT2D eigenvalue weighted by molar-refractivity contribution is 5.74. The molecule has 8 nitrogen and oxygen atoms in total. The van der Waals surface area contributed by atoms with Crippen molar-refractivity contribution in [1.29, 1.82) is 0 Å². The van der Waals surface area contributed by atoms with E-state index in [1.807, 2.05) is 18.2 Å². The number of hydrogen-bond donors (Lipinski definition) is 4. The molecule has 4 N–H and O–H groups in total. The molecule has 2 saturated carbocycles. The minimum absolute atomic E-state index is 0.0868. The summed E-state index contributed by atoms with van der Waals surface area (Å²) >= 11 is 0. The molecule has 4 amide bonds. The smallest absolute Gasteiger partial charge is 0.315 e. The molecule has 0 unspecified atom stereocenters. The van der Waals surface area contributed by atoms with Crippen LogP contribution in [0.5, 0.6) is 0 Å². The number of benzene rings is 3. The predicted octanol–water partition coefficient (Wildman–Crippen LogP) is 8.97. The lowest BCUT2D eigenvalue weighted by Crippen LogP contribution is -2.43. The number of amides is 4. The summed E-state index contributed by atoms with van der Waals surface area (Å²) in [5.41, 5.74) is 8.37. The zero-order valence-electron chi connectivity index (χ0n) is 32.0. The Bertz CT molecular complexity index is 1590. The van der Waals surface area contributed by atoms with Gasteiger partial charge in [0.05, 0.1) is 0 Å². The summed E-state index contributed by atoms with van der Waals surface area (Å²) in [6, 6.07) is 29.2. The number of hydrogen-bond acceptors (Lipinski definition) is 4. The molecule has 0 aromatic heterocycles. The Balaban J connectivity index is 0.636. The monoisotopic (exact) mass is 728 g/mol. The van der Waals surface area contributed by atoms with Crippen molar-refractivity contribution in [1.82, 2.24) is 31.1 Å². The fourth-order valence-electron chi connectivity index (χ4n) is 11.5. The van der Waals surface area contributed by atoms with Crippen LogP contribution >= 0.6 is 0 Å². The van der Waals surface area contributed by atoms with Crippen molar-refractivity contribution >= 4 is 12.1 Å². The number of nitrogens with zero attached hydrogens (tertiary/aromatic N) is 2. The van der Waals surface area contributed by atoms with Crippen LogP contribution in [0.3, 0.4) is 0 Å². The molecule has 6 aliphatic rings. The van der Waals surface area contributed by atoms with Gasteiger partial charge in [-0.25, -0.2) is 9.59 Å². The second-order valence-electron chi connectivity index (χ2n) is 17.4. The van der Waals surface area contributed by atoms with Crippen LogP contribution in [0.25, 0.3) is 0 Å². The Labute approximate surface area is 322 Å². The number of urea groups is 2. The Morgan fingerprint density at radius 2 is 0.852 bits per heavy atom. The molecule has 0 spiro atoms. The van der Waals surface area contributed by atoms with Gasteiger partial charge in [0.15, 0.2) is 0 Å². The maximum Gasteiger partial charge on any atom is 0.315 e. The lowest BCUT2D eigenvalue weighted by molar-refractivity contribution is 0.185. The molecule has 0 radical (unpaired) electrons. The van der Waals surface area contributed by atoms with E-state index in [9.17, 15) is 9.59 Å². The van der Waals surface area contributed by atoms with Gasteiger partial charge in [0.25, 0.3) is 0 Å². The number of nitrogens with one attached hydrogen (secondary N) is 4. The van der Waals surface area contributed by atoms with Crippen molar-refractivity contribution < 1.29 is 9.59 Å². The highest BCUT2D eigenvalue weighted by Gasteiger charge is 2.44. The van der Waals surface area contributed by atoms with Gasteiger partial charge in [-0.15, -0.1) is 0 Å². The van der Waals surface area contributed by atoms with Gasteiger partial charge in [0, 0.05) is 49.3 Å². The van der Waals surface area contributed by atoms with Gasteiger partial charge in [0.1, 0.15) is 0 Å². The molecule has 9 rings (SSSR count). The molecule has 4 atom stereocenters. The van der Waals surface area contributed by atoms with Crippen molar-refractivity contribution in [2.45, 2.75) is 139 Å². The number of carbonyl (C=O) groups is 2. The molecule has 3 aromatic rings. The topological polar surface area (TPSA) is 88.7 Å². The van der Waals surface area contributed by atoms with E-state index in [-0.39, 0.29) is 24.1 Å². The standard InChI is InChI=1S/C46H60N6O2/c53-45(49-35-16-12-31(13-17-35)24-26-51-41-20-21-42(51)38-9-2-1-8-37(38)41)47-29-33-6-5-7-34(28-33)30-48-46(54)50-36-18-14-32(15-19-36)25-27-52-43-22-23-44(52)40-11-4-3-10-39(40)43/h1-11,28,31-32,35-36,41-44H,12-27,29-30H2,(H2,47,49,53)(H2,48,50,54)/t31-,32-,35-,36-,41-,42+,43-,44+. The molecule has 4 aliphatic heterocycles. The van der Waals surface area contributed by atoms with Crippen LogP contribution in [0.1, 0.15) is 147 Å². The molecule has 2 saturated heterocycles. The maximum absolute atomic E-state index is 12.8. The average Bonchev–Trinajstić information content (AvgIpc) is 3.97. The molecule has 286 valence electrons. The van der Waals surface area contributed by atoms with Gasteiger partial charge in [-0.05, 0) is 148 Å². The van der Waals surface area contributed by atoms with Crippen LogP contribution in [0.4, 0.5) is 9.59 Å². The molecule has 3 aromatic carbocycles. The van der Waals surface area contributed by atoms with Crippen LogP contribution in [0.2, 0.25) is 0 Å². The first-order chi connectivity index (χ1) is 26.6. The van der Waals surface area contributed by atoms with Crippen molar-refractivity contribution in [3.05, 3.63) is 106 Å². The largest absolute Gasteiger partial charge is 0.335 e. The highest BCUT2D eigenvalue weighted by Crippen LogP contribution is 2.54. The summed E-state index contributed by atoms with van der Waals surface area (Å²) in [7, 11) is 0. The first kappa shape index (κ1) is 35.8. The quantitative estimate of drug-likeness (QED) is 0.150. The van der Waals surface area contributed by atoms with Gasteiger partial charge >= 0.3 is 12.1 Å². The number of fused-ring (bicyclic) bond motifs is 10. The number of rotatable bonds is 12. The Morgan fingerprint density at radius 1 is 0.481 bits per heavy atom. The summed E-state index contributed by atoms with van der Waals surface area (Å²) in [5, 5.41) is 12.6. The van der Waals surface area contributed by atoms with E-state index in [1.54, 1.807) is 22.3 Å². The molecular weight excluding hydrogens is 669 g/mol. The molecule has 8 heteroatoms. The summed E-state index contributed by atoms with van der Waals surface area (Å²) in [4.78, 5) is 31.2. The first-order valence-electron chi connectivity index (χ1n) is 21.4. The van der Waals surface area contributed by atoms with Gasteiger partial charge in [-0.2, -0.15) is 0 Å². The molecule has 4 bridgehead atoms. The minimum atomic E-state index is -0.0868. The van der Waals surface area contributed by atoms with E-state index >= 15 is 0 Å². The van der Waals surface area contributed by atoms with E-state index in [0.29, 0.717) is 37.3 Å². The van der Waals surface area contributed by atoms with E-state index in [1.165, 1.54) is 77.3 Å². The summed E-state index contributed by atoms with van der Waals surface area (Å²) in [6.07, 6.45) is 16.8. The Morgan fingerprint density at radius 3 is 1.22 bits per heavy atom. The van der Waals surface area contributed by atoms with Crippen LogP contribution in [0, 0.1) is 11.8 Å². The lowest BCUT2D eigenvalue weighted by atomic mass is 9.84. The summed E-state index contributed by atoms with van der Waals surface area (Å²) in [6.45, 7) is 3.34. The fourth-order valence-corrected chi connectivity index (χ4v) is 11.5. The second kappa shape index (κ2) is 16.1. The van der Waals surface area contributed by atoms with Gasteiger partial charge in [0.2, 0.25) is 0 Å². The van der Waals surface area contributed by atoms with Crippen molar-refractivity contribution in [3.8, 4) is 0 Å². The third kappa shape index (κ3) is 7.66. The predicted molar refractivity (Wildman–Crippen MR) is 214 cm³/mol. The van der Waals surface area contributed by atoms with Crippen molar-refractivity contribution in [2.75, 3.05) is 13.1 Å². The van der Waals surface area contributed by atoms with Crippen molar-refractivity contribution in [3.63, 3.8) is 0 Å². The van der Waals surface area contributed by atoms with Crippen LogP contribution in [-0.4, -0.2) is 47.0 Å². The molecule has 54 heavy (non-hydrogen) atoms. The minimum Gasteiger partial charge on any atom is -0.335 e. The van der Waals surface area contributed by atoms with Gasteiger partial charge in [-0.1, -0.05) is 72.8 Å². The summed E-state index contributed by atoms with van der Waals surface area (Å²) in [5.74, 6) is 1.51. The Kier molecular flexibility index (Phi) is 10.7. The lowest BCUT2D eigenvalue weighted by Gasteiger charge is -2.31. The van der Waals surface area contributed by atoms with E-state index in [0.717, 1.165) is 48.6 Å². The van der Waals surface area contributed by atoms with E-state index in [2.05, 4.69) is 85.7 Å². The van der Waals surface area contributed by atoms with Gasteiger partial charge in [-0.3, -0.25) is 9.80 Å². The average molecular weight is 729 g/mol. The second-order valence-corrected chi connectivity index (χ2v) is 17.4. The fraction of sp³-hybridized carbons (Fsp3) is 0.565. The van der Waals surface area contributed by atoms with E-state index < -0.39 is 0 Å². The first-order valence-corrected chi connectivity index (χ1v) is 21.4. The van der Waals surface area contributed by atoms with Crippen molar-refractivity contribution in [2.24, 2.45) is 11.8 Å². The summed E-state index contributed by atoms with van der Waals surface area (Å²) < 4.78 is 0. The normalized spacial score (nSPS) is 29.8. The van der Waals surface area contributed by atoms with Crippen LogP contribution in [0.15, 0.2) is 72.8 Å². The zero-order valence-corrected chi connectivity index (χ0v) is 32.0. The molecular formula is C46H60N6O2. The molecule has 4 heterocycles. The van der Waals surface area contributed by atoms with Crippen LogP contribution in [-0.2, 0) is 13.1 Å². The number of carbonyl (C=O) groups excluding carboxylic acids is 2. The third-order valence-corrected chi connectivity index (χ3v) is 14.3. The zero-order chi connectivity index (χ0) is 36.4.